The monoisotopic (exact) mass is 425 g/mol. The Kier molecular flexibility index (Phi) is 4.67. The Hall–Kier alpha value is -4.46. The van der Waals surface area contributed by atoms with Crippen LogP contribution in [0.3, 0.4) is 0 Å². The second kappa shape index (κ2) is 7.66. The van der Waals surface area contributed by atoms with Gasteiger partial charge >= 0.3 is 0 Å². The third-order valence-corrected chi connectivity index (χ3v) is 5.56. The predicted octanol–water partition coefficient (Wildman–Crippen LogP) is 4.48. The Morgan fingerprint density at radius 3 is 2.56 bits per heavy atom. The molecule has 5 rings (SSSR count). The molecule has 2 heterocycles. The lowest BCUT2D eigenvalue weighted by atomic mass is 10.1. The first-order valence-corrected chi connectivity index (χ1v) is 10.1. The SMILES string of the molecule is Cn1c(C(NC(=O)c2cc3cccc([N+](=O)[O-])c3[nH]2)c2ccccc2)nc2ccccc21. The Balaban J connectivity index is 1.57. The molecule has 1 atom stereocenters. The highest BCUT2D eigenvalue weighted by atomic mass is 16.6. The van der Waals surface area contributed by atoms with E-state index in [0.717, 1.165) is 16.6 Å². The number of para-hydroxylation sites is 3. The number of aromatic amines is 1. The summed E-state index contributed by atoms with van der Waals surface area (Å²) in [5.74, 6) is 0.309. The number of imidazole rings is 1. The molecule has 0 fully saturated rings. The molecule has 0 aliphatic heterocycles. The number of nitrogens with zero attached hydrogens (tertiary/aromatic N) is 3. The smallest absolute Gasteiger partial charge is 0.293 e. The first-order valence-electron chi connectivity index (χ1n) is 10.1. The Bertz CT molecular complexity index is 1470. The minimum absolute atomic E-state index is 0.0727. The molecule has 1 amide bonds. The van der Waals surface area contributed by atoms with E-state index in [9.17, 15) is 14.9 Å². The number of nitrogens with one attached hydrogen (secondary N) is 2. The Morgan fingerprint density at radius 1 is 1.06 bits per heavy atom. The van der Waals surface area contributed by atoms with Crippen molar-refractivity contribution in [2.45, 2.75) is 6.04 Å². The molecule has 2 N–H and O–H groups in total. The molecule has 158 valence electrons. The van der Waals surface area contributed by atoms with Gasteiger partial charge in [-0.25, -0.2) is 4.98 Å². The summed E-state index contributed by atoms with van der Waals surface area (Å²) in [6, 6.07) is 23.2. The van der Waals surface area contributed by atoms with Crippen LogP contribution in [-0.4, -0.2) is 25.4 Å². The maximum atomic E-state index is 13.2. The third kappa shape index (κ3) is 3.27. The minimum Gasteiger partial charge on any atom is -0.345 e. The summed E-state index contributed by atoms with van der Waals surface area (Å²) >= 11 is 0. The van der Waals surface area contributed by atoms with Crippen molar-refractivity contribution in [3.8, 4) is 0 Å². The molecule has 1 unspecified atom stereocenters. The van der Waals surface area contributed by atoms with Crippen molar-refractivity contribution < 1.29 is 9.72 Å². The molecule has 0 radical (unpaired) electrons. The van der Waals surface area contributed by atoms with Gasteiger partial charge in [0.15, 0.2) is 0 Å². The zero-order valence-electron chi connectivity index (χ0n) is 17.1. The summed E-state index contributed by atoms with van der Waals surface area (Å²) in [4.78, 5) is 31.8. The number of hydrogen-bond acceptors (Lipinski definition) is 4. The van der Waals surface area contributed by atoms with Crippen molar-refractivity contribution >= 4 is 33.5 Å². The van der Waals surface area contributed by atoms with E-state index in [2.05, 4.69) is 10.3 Å². The van der Waals surface area contributed by atoms with Crippen molar-refractivity contribution in [1.82, 2.24) is 19.9 Å². The van der Waals surface area contributed by atoms with Crippen LogP contribution in [0.4, 0.5) is 5.69 Å². The number of aryl methyl sites for hydroxylation is 1. The summed E-state index contributed by atoms with van der Waals surface area (Å²) in [5, 5.41) is 15.0. The van der Waals surface area contributed by atoms with Crippen LogP contribution < -0.4 is 5.32 Å². The maximum absolute atomic E-state index is 13.2. The van der Waals surface area contributed by atoms with Gasteiger partial charge in [-0.2, -0.15) is 0 Å². The lowest BCUT2D eigenvalue weighted by molar-refractivity contribution is -0.383. The molecular formula is C24H19N5O3. The van der Waals surface area contributed by atoms with Crippen LogP contribution in [0.2, 0.25) is 0 Å². The van der Waals surface area contributed by atoms with Crippen LogP contribution in [0.25, 0.3) is 21.9 Å². The Labute approximate surface area is 182 Å². The Morgan fingerprint density at radius 2 is 1.81 bits per heavy atom. The molecule has 0 bridgehead atoms. The normalized spacial score (nSPS) is 12.2. The molecule has 2 aromatic heterocycles. The second-order valence-electron chi connectivity index (χ2n) is 7.52. The van der Waals surface area contributed by atoms with Gasteiger partial charge in [0.05, 0.1) is 16.0 Å². The fourth-order valence-corrected chi connectivity index (χ4v) is 3.99. The predicted molar refractivity (Wildman–Crippen MR) is 121 cm³/mol. The number of rotatable bonds is 5. The quantitative estimate of drug-likeness (QED) is 0.320. The lowest BCUT2D eigenvalue weighted by Gasteiger charge is -2.19. The van der Waals surface area contributed by atoms with Gasteiger partial charge < -0.3 is 14.9 Å². The molecule has 3 aromatic carbocycles. The van der Waals surface area contributed by atoms with Gasteiger partial charge in [0.2, 0.25) is 0 Å². The molecule has 0 aliphatic carbocycles. The van der Waals surface area contributed by atoms with Gasteiger partial charge in [0.1, 0.15) is 23.1 Å². The van der Waals surface area contributed by atoms with Crippen LogP contribution in [0.1, 0.15) is 27.9 Å². The van der Waals surface area contributed by atoms with E-state index in [1.807, 2.05) is 66.2 Å². The van der Waals surface area contributed by atoms with Crippen molar-refractivity contribution in [2.75, 3.05) is 0 Å². The van der Waals surface area contributed by atoms with E-state index in [1.165, 1.54) is 6.07 Å². The van der Waals surface area contributed by atoms with E-state index in [4.69, 9.17) is 4.98 Å². The number of aromatic nitrogens is 3. The zero-order valence-corrected chi connectivity index (χ0v) is 17.1. The molecular weight excluding hydrogens is 406 g/mol. The molecule has 0 saturated carbocycles. The first-order chi connectivity index (χ1) is 15.5. The summed E-state index contributed by atoms with van der Waals surface area (Å²) in [6.07, 6.45) is 0. The van der Waals surface area contributed by atoms with Gasteiger partial charge in [-0.15, -0.1) is 0 Å². The second-order valence-corrected chi connectivity index (χ2v) is 7.52. The van der Waals surface area contributed by atoms with Crippen molar-refractivity contribution in [2.24, 2.45) is 7.05 Å². The van der Waals surface area contributed by atoms with E-state index >= 15 is 0 Å². The standard InChI is InChI=1S/C24H19N5O3/c1-28-19-12-6-5-11-17(19)26-23(28)22(15-8-3-2-4-9-15)27-24(30)18-14-16-10-7-13-20(29(31)32)21(16)25-18/h2-14,22,25H,1H3,(H,27,30). The van der Waals surface area contributed by atoms with Crippen molar-refractivity contribution in [3.63, 3.8) is 0 Å². The highest BCUT2D eigenvalue weighted by molar-refractivity contribution is 6.00. The van der Waals surface area contributed by atoms with Gasteiger partial charge in [0.25, 0.3) is 11.6 Å². The summed E-state index contributed by atoms with van der Waals surface area (Å²) in [7, 11) is 1.92. The van der Waals surface area contributed by atoms with E-state index in [0.29, 0.717) is 16.7 Å². The van der Waals surface area contributed by atoms with Crippen molar-refractivity contribution in [3.05, 3.63) is 106 Å². The zero-order chi connectivity index (χ0) is 22.2. The highest BCUT2D eigenvalue weighted by Crippen LogP contribution is 2.28. The van der Waals surface area contributed by atoms with Crippen LogP contribution in [0.15, 0.2) is 78.9 Å². The topological polar surface area (TPSA) is 106 Å². The van der Waals surface area contributed by atoms with Gasteiger partial charge in [0, 0.05) is 18.5 Å². The lowest BCUT2D eigenvalue weighted by Crippen LogP contribution is -2.31. The number of carbonyl (C=O) groups is 1. The average molecular weight is 425 g/mol. The van der Waals surface area contributed by atoms with Gasteiger partial charge in [-0.05, 0) is 23.8 Å². The number of H-pyrrole nitrogens is 1. The van der Waals surface area contributed by atoms with Crippen LogP contribution in [-0.2, 0) is 7.05 Å². The van der Waals surface area contributed by atoms with Gasteiger partial charge in [-0.1, -0.05) is 54.6 Å². The van der Waals surface area contributed by atoms with Crippen LogP contribution >= 0.6 is 0 Å². The molecule has 8 heteroatoms. The van der Waals surface area contributed by atoms with Crippen LogP contribution in [0.5, 0.6) is 0 Å². The summed E-state index contributed by atoms with van der Waals surface area (Å²) in [5.41, 5.74) is 3.16. The largest absolute Gasteiger partial charge is 0.345 e. The fraction of sp³-hybridized carbons (Fsp3) is 0.0833. The van der Waals surface area contributed by atoms with E-state index < -0.39 is 11.0 Å². The molecule has 32 heavy (non-hydrogen) atoms. The number of hydrogen-bond donors (Lipinski definition) is 2. The molecule has 8 nitrogen and oxygen atoms in total. The molecule has 5 aromatic rings. The third-order valence-electron chi connectivity index (χ3n) is 5.56. The number of amides is 1. The first kappa shape index (κ1) is 19.5. The molecule has 0 aliphatic rings. The van der Waals surface area contributed by atoms with Gasteiger partial charge in [-0.3, -0.25) is 14.9 Å². The summed E-state index contributed by atoms with van der Waals surface area (Å²) in [6.45, 7) is 0. The summed E-state index contributed by atoms with van der Waals surface area (Å²) < 4.78 is 1.96. The number of nitro benzene ring substituents is 1. The molecule has 0 spiro atoms. The fourth-order valence-electron chi connectivity index (χ4n) is 3.99. The van der Waals surface area contributed by atoms with E-state index in [-0.39, 0.29) is 17.3 Å². The highest BCUT2D eigenvalue weighted by Gasteiger charge is 2.24. The van der Waals surface area contributed by atoms with Crippen LogP contribution in [0, 0.1) is 10.1 Å². The minimum atomic E-state index is -0.512. The van der Waals surface area contributed by atoms with E-state index in [1.54, 1.807) is 18.2 Å². The number of non-ortho nitro benzene ring substituents is 1. The number of fused-ring (bicyclic) bond motifs is 2. The number of carbonyl (C=O) groups excluding carboxylic acids is 1. The van der Waals surface area contributed by atoms with Crippen molar-refractivity contribution in [1.29, 1.82) is 0 Å². The number of benzene rings is 3. The number of nitro groups is 1. The molecule has 0 saturated heterocycles. The average Bonchev–Trinajstić information content (AvgIpc) is 3.39. The maximum Gasteiger partial charge on any atom is 0.293 e.